The van der Waals surface area contributed by atoms with Crippen LogP contribution in [0.2, 0.25) is 0 Å². The van der Waals surface area contributed by atoms with Gasteiger partial charge in [-0.25, -0.2) is 13.1 Å². The van der Waals surface area contributed by atoms with Crippen molar-refractivity contribution >= 4 is 15.7 Å². The highest BCUT2D eigenvalue weighted by atomic mass is 32.2. The van der Waals surface area contributed by atoms with E-state index >= 15 is 0 Å². The molecule has 110 valence electrons. The molecule has 2 aliphatic rings. The number of anilines is 1. The van der Waals surface area contributed by atoms with Gasteiger partial charge in [-0.15, -0.1) is 0 Å². The smallest absolute Gasteiger partial charge is 0.240 e. The van der Waals surface area contributed by atoms with Crippen LogP contribution in [-0.2, 0) is 25.9 Å². The standard InChI is InChI=1S/C13H18N2O4S/c16-20(17,15-8-11-9-18-5-6-19-11)12-1-2-13-10(7-12)3-4-14-13/h1-2,7,11,14-15H,3-6,8-9H2. The number of benzene rings is 1. The van der Waals surface area contributed by atoms with Crippen LogP contribution in [0.25, 0.3) is 0 Å². The van der Waals surface area contributed by atoms with Crippen LogP contribution in [-0.4, -0.2) is 47.4 Å². The van der Waals surface area contributed by atoms with Crippen LogP contribution in [0, 0.1) is 0 Å². The largest absolute Gasteiger partial charge is 0.384 e. The van der Waals surface area contributed by atoms with Crippen molar-refractivity contribution in [2.24, 2.45) is 0 Å². The van der Waals surface area contributed by atoms with E-state index in [-0.39, 0.29) is 12.6 Å². The van der Waals surface area contributed by atoms with E-state index in [0.29, 0.717) is 24.7 Å². The zero-order chi connectivity index (χ0) is 14.0. The van der Waals surface area contributed by atoms with Gasteiger partial charge >= 0.3 is 0 Å². The van der Waals surface area contributed by atoms with Crippen molar-refractivity contribution in [3.8, 4) is 0 Å². The fourth-order valence-electron chi connectivity index (χ4n) is 2.39. The van der Waals surface area contributed by atoms with E-state index in [4.69, 9.17) is 9.47 Å². The molecule has 1 saturated heterocycles. The molecule has 0 aromatic heterocycles. The first-order valence-corrected chi connectivity index (χ1v) is 8.19. The first kappa shape index (κ1) is 13.8. The lowest BCUT2D eigenvalue weighted by atomic mass is 10.2. The van der Waals surface area contributed by atoms with Crippen LogP contribution in [0.1, 0.15) is 5.56 Å². The Balaban J connectivity index is 1.68. The van der Waals surface area contributed by atoms with E-state index in [2.05, 4.69) is 10.0 Å². The number of rotatable bonds is 4. The third kappa shape index (κ3) is 2.95. The summed E-state index contributed by atoms with van der Waals surface area (Å²) in [7, 11) is -3.49. The van der Waals surface area contributed by atoms with Gasteiger partial charge in [-0.05, 0) is 30.2 Å². The molecule has 6 nitrogen and oxygen atoms in total. The minimum Gasteiger partial charge on any atom is -0.384 e. The third-order valence-electron chi connectivity index (χ3n) is 3.48. The number of hydrogen-bond donors (Lipinski definition) is 2. The summed E-state index contributed by atoms with van der Waals surface area (Å²) in [6.45, 7) is 2.60. The number of nitrogens with one attached hydrogen (secondary N) is 2. The Bertz CT molecular complexity index is 582. The molecule has 0 spiro atoms. The molecule has 1 aromatic carbocycles. The second-order valence-electron chi connectivity index (χ2n) is 4.92. The van der Waals surface area contributed by atoms with Gasteiger partial charge < -0.3 is 14.8 Å². The molecule has 2 aliphatic heterocycles. The minimum atomic E-state index is -3.49. The first-order chi connectivity index (χ1) is 9.65. The monoisotopic (exact) mass is 298 g/mol. The molecule has 0 radical (unpaired) electrons. The van der Waals surface area contributed by atoms with Crippen LogP contribution in [0.5, 0.6) is 0 Å². The van der Waals surface area contributed by atoms with E-state index in [1.165, 1.54) is 0 Å². The Morgan fingerprint density at radius 3 is 3.05 bits per heavy atom. The molecule has 1 fully saturated rings. The molecular weight excluding hydrogens is 280 g/mol. The van der Waals surface area contributed by atoms with Crippen LogP contribution in [0.4, 0.5) is 5.69 Å². The highest BCUT2D eigenvalue weighted by Crippen LogP contribution is 2.24. The van der Waals surface area contributed by atoms with Crippen molar-refractivity contribution in [3.63, 3.8) is 0 Å². The van der Waals surface area contributed by atoms with Gasteiger partial charge in [-0.3, -0.25) is 0 Å². The fraction of sp³-hybridized carbons (Fsp3) is 0.538. The molecule has 3 rings (SSSR count). The molecule has 2 heterocycles. The van der Waals surface area contributed by atoms with Crippen molar-refractivity contribution < 1.29 is 17.9 Å². The topological polar surface area (TPSA) is 76.7 Å². The van der Waals surface area contributed by atoms with Crippen LogP contribution < -0.4 is 10.0 Å². The fourth-order valence-corrected chi connectivity index (χ4v) is 3.51. The average molecular weight is 298 g/mol. The lowest BCUT2D eigenvalue weighted by Crippen LogP contribution is -2.39. The summed E-state index contributed by atoms with van der Waals surface area (Å²) in [5, 5.41) is 3.21. The van der Waals surface area contributed by atoms with Crippen LogP contribution >= 0.6 is 0 Å². The third-order valence-corrected chi connectivity index (χ3v) is 4.90. The van der Waals surface area contributed by atoms with E-state index in [9.17, 15) is 8.42 Å². The summed E-state index contributed by atoms with van der Waals surface area (Å²) in [5.74, 6) is 0. The van der Waals surface area contributed by atoms with Crippen LogP contribution in [0.15, 0.2) is 23.1 Å². The van der Waals surface area contributed by atoms with Crippen LogP contribution in [0.3, 0.4) is 0 Å². The highest BCUT2D eigenvalue weighted by Gasteiger charge is 2.21. The van der Waals surface area contributed by atoms with Gasteiger partial charge in [0, 0.05) is 18.8 Å². The molecule has 0 saturated carbocycles. The Morgan fingerprint density at radius 2 is 2.25 bits per heavy atom. The van der Waals surface area contributed by atoms with E-state index < -0.39 is 10.0 Å². The van der Waals surface area contributed by atoms with Crippen molar-refractivity contribution in [2.45, 2.75) is 17.4 Å². The van der Waals surface area contributed by atoms with Gasteiger partial charge in [-0.2, -0.15) is 0 Å². The second-order valence-corrected chi connectivity index (χ2v) is 6.68. The van der Waals surface area contributed by atoms with Gasteiger partial charge in [0.05, 0.1) is 30.8 Å². The van der Waals surface area contributed by atoms with Gasteiger partial charge in [0.2, 0.25) is 10.0 Å². The Morgan fingerprint density at radius 1 is 1.35 bits per heavy atom. The van der Waals surface area contributed by atoms with Gasteiger partial charge in [0.25, 0.3) is 0 Å². The zero-order valence-corrected chi connectivity index (χ0v) is 11.9. The number of ether oxygens (including phenoxy) is 2. The molecule has 0 aliphatic carbocycles. The van der Waals surface area contributed by atoms with Crippen molar-refractivity contribution in [3.05, 3.63) is 23.8 Å². The predicted molar refractivity (Wildman–Crippen MR) is 74.4 cm³/mol. The zero-order valence-electron chi connectivity index (χ0n) is 11.1. The van der Waals surface area contributed by atoms with Crippen molar-refractivity contribution in [2.75, 3.05) is 38.2 Å². The Kier molecular flexibility index (Phi) is 3.93. The SMILES string of the molecule is O=S(=O)(NCC1COCCO1)c1ccc2c(c1)CCN2. The Hall–Kier alpha value is -1.15. The first-order valence-electron chi connectivity index (χ1n) is 6.71. The van der Waals surface area contributed by atoms with Crippen molar-refractivity contribution in [1.29, 1.82) is 0 Å². The molecular formula is C13H18N2O4S. The van der Waals surface area contributed by atoms with Crippen molar-refractivity contribution in [1.82, 2.24) is 4.72 Å². The molecule has 1 aromatic rings. The average Bonchev–Trinajstić information content (AvgIpc) is 2.94. The second kappa shape index (κ2) is 5.69. The highest BCUT2D eigenvalue weighted by molar-refractivity contribution is 7.89. The molecule has 7 heteroatoms. The summed E-state index contributed by atoms with van der Waals surface area (Å²) in [6, 6.07) is 5.17. The summed E-state index contributed by atoms with van der Waals surface area (Å²) in [4.78, 5) is 0.302. The lowest BCUT2D eigenvalue weighted by Gasteiger charge is -2.23. The number of hydrogen-bond acceptors (Lipinski definition) is 5. The summed E-state index contributed by atoms with van der Waals surface area (Å²) in [6.07, 6.45) is 0.646. The lowest BCUT2D eigenvalue weighted by molar-refractivity contribution is -0.0846. The molecule has 0 amide bonds. The van der Waals surface area contributed by atoms with Gasteiger partial charge in [0.1, 0.15) is 0 Å². The quantitative estimate of drug-likeness (QED) is 0.839. The van der Waals surface area contributed by atoms with Gasteiger partial charge in [0.15, 0.2) is 0 Å². The maximum Gasteiger partial charge on any atom is 0.240 e. The normalized spacial score (nSPS) is 22.3. The Labute approximate surface area is 118 Å². The maximum atomic E-state index is 12.2. The molecule has 1 unspecified atom stereocenters. The van der Waals surface area contributed by atoms with E-state index in [1.807, 2.05) is 6.07 Å². The minimum absolute atomic E-state index is 0.213. The summed E-state index contributed by atoms with van der Waals surface area (Å²) >= 11 is 0. The van der Waals surface area contributed by atoms with E-state index in [1.54, 1.807) is 12.1 Å². The molecule has 20 heavy (non-hydrogen) atoms. The number of fused-ring (bicyclic) bond motifs is 1. The van der Waals surface area contributed by atoms with E-state index in [0.717, 1.165) is 24.2 Å². The number of sulfonamides is 1. The molecule has 0 bridgehead atoms. The maximum absolute atomic E-state index is 12.2. The molecule has 1 atom stereocenters. The summed E-state index contributed by atoms with van der Waals surface area (Å²) < 4.78 is 37.7. The predicted octanol–water partition coefficient (Wildman–Crippen LogP) is 0.348. The van der Waals surface area contributed by atoms with Gasteiger partial charge in [-0.1, -0.05) is 0 Å². The summed E-state index contributed by atoms with van der Waals surface area (Å²) in [5.41, 5.74) is 2.07. The molecule has 2 N–H and O–H groups in total.